The Morgan fingerprint density at radius 2 is 2.06 bits per heavy atom. The summed E-state index contributed by atoms with van der Waals surface area (Å²) in [4.78, 5) is 16.4. The first kappa shape index (κ1) is 12.3. The van der Waals surface area contributed by atoms with E-state index in [4.69, 9.17) is 12.7 Å². The van der Waals surface area contributed by atoms with Gasteiger partial charge in [-0.3, -0.25) is 4.84 Å². The van der Waals surface area contributed by atoms with Crippen molar-refractivity contribution in [1.29, 1.82) is 0 Å². The molecule has 1 aromatic rings. The van der Waals surface area contributed by atoms with Crippen LogP contribution in [0.3, 0.4) is 0 Å². The normalized spacial score (nSPS) is 10.4. The molecule has 0 aliphatic rings. The molecule has 1 rings (SSSR count). The average Bonchev–Trinajstić information content (AvgIpc) is 2.32. The van der Waals surface area contributed by atoms with Gasteiger partial charge in [0.1, 0.15) is 7.85 Å². The standard InChI is InChI=1S/C11H12BNO3/c1-15-11(14)13(16-2)10-6-4-3-5-9(10)7-8-12/h3-8H,1-2H3/b8-7+. The zero-order valence-corrected chi connectivity index (χ0v) is 9.21. The number of ether oxygens (including phenoxy) is 1. The van der Waals surface area contributed by atoms with Crippen LogP contribution in [0.1, 0.15) is 5.56 Å². The molecule has 1 amide bonds. The Balaban J connectivity index is 3.13. The molecule has 0 saturated heterocycles. The van der Waals surface area contributed by atoms with Crippen LogP contribution in [-0.4, -0.2) is 28.2 Å². The molecule has 0 unspecified atom stereocenters. The molecule has 1 aromatic carbocycles. The molecule has 4 nitrogen and oxygen atoms in total. The van der Waals surface area contributed by atoms with Crippen molar-refractivity contribution in [1.82, 2.24) is 0 Å². The molecule has 0 spiro atoms. The molecule has 0 bridgehead atoms. The second-order valence-electron chi connectivity index (χ2n) is 2.86. The zero-order chi connectivity index (χ0) is 12.0. The summed E-state index contributed by atoms with van der Waals surface area (Å²) in [7, 11) is 8.00. The minimum atomic E-state index is -0.597. The van der Waals surface area contributed by atoms with Gasteiger partial charge in [-0.1, -0.05) is 24.3 Å². The topological polar surface area (TPSA) is 38.8 Å². The lowest BCUT2D eigenvalue weighted by molar-refractivity contribution is 0.115. The number of anilines is 1. The second-order valence-corrected chi connectivity index (χ2v) is 2.86. The van der Waals surface area contributed by atoms with Gasteiger partial charge in [0.2, 0.25) is 0 Å². The SMILES string of the molecule is [B]/C=C/c1ccccc1N(OC)C(=O)OC. The van der Waals surface area contributed by atoms with Crippen LogP contribution in [-0.2, 0) is 9.57 Å². The largest absolute Gasteiger partial charge is 0.451 e. The van der Waals surface area contributed by atoms with Gasteiger partial charge in [-0.15, -0.1) is 5.98 Å². The molecule has 82 valence electrons. The Morgan fingerprint density at radius 3 is 2.62 bits per heavy atom. The lowest BCUT2D eigenvalue weighted by Crippen LogP contribution is -2.30. The predicted octanol–water partition coefficient (Wildman–Crippen LogP) is 1.96. The highest BCUT2D eigenvalue weighted by atomic mass is 16.7. The van der Waals surface area contributed by atoms with E-state index in [9.17, 15) is 4.79 Å². The summed E-state index contributed by atoms with van der Waals surface area (Å²) in [5.41, 5.74) is 1.33. The molecule has 0 aliphatic carbocycles. The fourth-order valence-electron chi connectivity index (χ4n) is 1.27. The first-order valence-corrected chi connectivity index (χ1v) is 4.64. The van der Waals surface area contributed by atoms with Gasteiger partial charge < -0.3 is 4.74 Å². The van der Waals surface area contributed by atoms with Gasteiger partial charge in [0.05, 0.1) is 19.9 Å². The van der Waals surface area contributed by atoms with E-state index in [1.54, 1.807) is 18.2 Å². The van der Waals surface area contributed by atoms with E-state index in [-0.39, 0.29) is 0 Å². The van der Waals surface area contributed by atoms with Crippen LogP contribution >= 0.6 is 0 Å². The van der Waals surface area contributed by atoms with E-state index >= 15 is 0 Å². The second kappa shape index (κ2) is 5.97. The highest BCUT2D eigenvalue weighted by Gasteiger charge is 2.17. The van der Waals surface area contributed by atoms with Crippen molar-refractivity contribution < 1.29 is 14.4 Å². The minimum Gasteiger partial charge on any atom is -0.451 e. The Morgan fingerprint density at radius 1 is 1.38 bits per heavy atom. The number of hydrogen-bond acceptors (Lipinski definition) is 3. The quantitative estimate of drug-likeness (QED) is 0.573. The molecule has 0 aliphatic heterocycles. The van der Waals surface area contributed by atoms with Gasteiger partial charge in [-0.05, 0) is 11.6 Å². The van der Waals surface area contributed by atoms with Crippen molar-refractivity contribution in [2.45, 2.75) is 0 Å². The number of amides is 1. The maximum Gasteiger partial charge on any atom is 0.438 e. The van der Waals surface area contributed by atoms with Gasteiger partial charge in [-0.2, -0.15) is 5.06 Å². The van der Waals surface area contributed by atoms with Crippen LogP contribution < -0.4 is 5.06 Å². The number of carbonyl (C=O) groups excluding carboxylic acids is 1. The Bertz CT molecular complexity index is 393. The molecule has 0 saturated carbocycles. The van der Waals surface area contributed by atoms with Crippen molar-refractivity contribution in [3.8, 4) is 0 Å². The van der Waals surface area contributed by atoms with Crippen molar-refractivity contribution in [2.24, 2.45) is 0 Å². The van der Waals surface area contributed by atoms with Crippen molar-refractivity contribution in [3.05, 3.63) is 35.8 Å². The average molecular weight is 217 g/mol. The number of carbonyl (C=O) groups is 1. The molecule has 16 heavy (non-hydrogen) atoms. The monoisotopic (exact) mass is 217 g/mol. The van der Waals surface area contributed by atoms with Gasteiger partial charge in [-0.25, -0.2) is 4.79 Å². The molecule has 5 heteroatoms. The molecule has 0 heterocycles. The maximum atomic E-state index is 11.4. The zero-order valence-electron chi connectivity index (χ0n) is 9.21. The molecule has 0 aromatic heterocycles. The number of benzene rings is 1. The van der Waals surface area contributed by atoms with Crippen LogP contribution in [0.5, 0.6) is 0 Å². The molecule has 0 N–H and O–H groups in total. The van der Waals surface area contributed by atoms with Crippen molar-refractivity contribution in [3.63, 3.8) is 0 Å². The van der Waals surface area contributed by atoms with E-state index in [1.165, 1.54) is 20.2 Å². The van der Waals surface area contributed by atoms with E-state index in [2.05, 4.69) is 4.74 Å². The molecular weight excluding hydrogens is 205 g/mol. The summed E-state index contributed by atoms with van der Waals surface area (Å²) >= 11 is 0. The predicted molar refractivity (Wildman–Crippen MR) is 63.1 cm³/mol. The third-order valence-electron chi connectivity index (χ3n) is 1.95. The summed E-state index contributed by atoms with van der Waals surface area (Å²) in [5.74, 6) is 1.39. The van der Waals surface area contributed by atoms with Crippen LogP contribution in [0, 0.1) is 0 Å². The van der Waals surface area contributed by atoms with E-state index in [1.807, 2.05) is 12.1 Å². The van der Waals surface area contributed by atoms with Gasteiger partial charge in [0.25, 0.3) is 0 Å². The molecular formula is C11H12BNO3. The summed E-state index contributed by atoms with van der Waals surface area (Å²) in [6, 6.07) is 7.17. The number of nitrogens with zero attached hydrogens (tertiary/aromatic N) is 1. The molecule has 2 radical (unpaired) electrons. The van der Waals surface area contributed by atoms with Gasteiger partial charge >= 0.3 is 6.09 Å². The summed E-state index contributed by atoms with van der Waals surface area (Å²) in [6.45, 7) is 0. The Labute approximate surface area is 95.8 Å². The summed E-state index contributed by atoms with van der Waals surface area (Å²) < 4.78 is 4.60. The third kappa shape index (κ3) is 2.64. The molecule has 0 atom stereocenters. The van der Waals surface area contributed by atoms with E-state index < -0.39 is 6.09 Å². The number of para-hydroxylation sites is 1. The number of rotatable bonds is 3. The lowest BCUT2D eigenvalue weighted by atomic mass is 10.1. The third-order valence-corrected chi connectivity index (χ3v) is 1.95. The summed E-state index contributed by atoms with van der Waals surface area (Å²) in [5, 5.41) is 1.05. The fraction of sp³-hybridized carbons (Fsp3) is 0.182. The van der Waals surface area contributed by atoms with E-state index in [0.717, 1.165) is 10.6 Å². The number of hydrogen-bond donors (Lipinski definition) is 0. The van der Waals surface area contributed by atoms with Crippen LogP contribution in [0.25, 0.3) is 6.08 Å². The first-order valence-electron chi connectivity index (χ1n) is 4.64. The smallest absolute Gasteiger partial charge is 0.438 e. The highest BCUT2D eigenvalue weighted by molar-refractivity contribution is 6.19. The molecule has 0 fully saturated rings. The first-order chi connectivity index (χ1) is 7.74. The minimum absolute atomic E-state index is 0.568. The van der Waals surface area contributed by atoms with Gasteiger partial charge in [0, 0.05) is 0 Å². The number of methoxy groups -OCH3 is 1. The van der Waals surface area contributed by atoms with Crippen LogP contribution in [0.15, 0.2) is 30.2 Å². The van der Waals surface area contributed by atoms with Gasteiger partial charge in [0.15, 0.2) is 0 Å². The van der Waals surface area contributed by atoms with E-state index in [0.29, 0.717) is 5.69 Å². The highest BCUT2D eigenvalue weighted by Crippen LogP contribution is 2.22. The Hall–Kier alpha value is -1.75. The van der Waals surface area contributed by atoms with Crippen LogP contribution in [0.4, 0.5) is 10.5 Å². The summed E-state index contributed by atoms with van der Waals surface area (Å²) in [6.07, 6.45) is 1.07. The fourth-order valence-corrected chi connectivity index (χ4v) is 1.27. The van der Waals surface area contributed by atoms with Crippen LogP contribution in [0.2, 0.25) is 0 Å². The number of hydroxylamine groups is 1. The van der Waals surface area contributed by atoms with Crippen molar-refractivity contribution >= 4 is 25.7 Å². The lowest BCUT2D eigenvalue weighted by Gasteiger charge is -2.19. The maximum absolute atomic E-state index is 11.4. The van der Waals surface area contributed by atoms with Crippen molar-refractivity contribution in [2.75, 3.05) is 19.3 Å². The Kier molecular flexibility index (Phi) is 4.60.